The van der Waals surface area contributed by atoms with Crippen LogP contribution in [-0.2, 0) is 13.1 Å². The van der Waals surface area contributed by atoms with Crippen LogP contribution < -0.4 is 10.7 Å². The molecule has 168 valence electrons. The van der Waals surface area contributed by atoms with Gasteiger partial charge in [-0.25, -0.2) is 13.2 Å². The number of hydrogen-bond acceptors (Lipinski definition) is 4. The highest BCUT2D eigenvalue weighted by molar-refractivity contribution is 5.99. The van der Waals surface area contributed by atoms with E-state index in [9.17, 15) is 32.7 Å². The fourth-order valence-electron chi connectivity index (χ4n) is 5.30. The van der Waals surface area contributed by atoms with E-state index >= 15 is 0 Å². The number of alkyl halides is 1. The summed E-state index contributed by atoms with van der Waals surface area (Å²) in [6.07, 6.45) is 0.886. The van der Waals surface area contributed by atoms with Crippen molar-refractivity contribution >= 4 is 11.8 Å². The second-order valence-electron chi connectivity index (χ2n) is 8.70. The van der Waals surface area contributed by atoms with E-state index in [0.717, 1.165) is 18.3 Å². The van der Waals surface area contributed by atoms with Crippen molar-refractivity contribution in [3.63, 3.8) is 0 Å². The number of pyridine rings is 1. The average molecular weight is 447 g/mol. The number of aromatic hydroxyl groups is 1. The molecule has 10 heteroatoms. The van der Waals surface area contributed by atoms with Gasteiger partial charge in [0.25, 0.3) is 11.8 Å². The zero-order chi connectivity index (χ0) is 22.9. The lowest BCUT2D eigenvalue weighted by atomic mass is 9.94. The smallest absolute Gasteiger partial charge is 0.275 e. The number of piperidine rings is 1. The van der Waals surface area contributed by atoms with Crippen LogP contribution in [0.3, 0.4) is 0 Å². The van der Waals surface area contributed by atoms with Gasteiger partial charge in [-0.3, -0.25) is 14.4 Å². The summed E-state index contributed by atoms with van der Waals surface area (Å²) in [4.78, 5) is 39.7. The highest BCUT2D eigenvalue weighted by Crippen LogP contribution is 2.47. The van der Waals surface area contributed by atoms with Gasteiger partial charge in [0.05, 0.1) is 6.04 Å². The summed E-state index contributed by atoms with van der Waals surface area (Å²) in [7, 11) is 0. The predicted octanol–water partition coefficient (Wildman–Crippen LogP) is 2.03. The average Bonchev–Trinajstić information content (AvgIpc) is 3.26. The molecule has 2 fully saturated rings. The molecule has 2 N–H and O–H groups in total. The molecule has 1 aromatic carbocycles. The quantitative estimate of drug-likeness (QED) is 0.753. The molecule has 4 atom stereocenters. The van der Waals surface area contributed by atoms with E-state index in [-0.39, 0.29) is 36.2 Å². The Morgan fingerprint density at radius 3 is 2.59 bits per heavy atom. The molecule has 2 amide bonds. The second kappa shape index (κ2) is 7.11. The summed E-state index contributed by atoms with van der Waals surface area (Å²) in [6.45, 7) is 1.15. The maximum atomic E-state index is 14.2. The van der Waals surface area contributed by atoms with Crippen LogP contribution in [0.5, 0.6) is 5.75 Å². The number of nitrogens with one attached hydrogen (secondary N) is 1. The molecule has 1 unspecified atom stereocenters. The molecule has 3 heterocycles. The van der Waals surface area contributed by atoms with Gasteiger partial charge in [0.1, 0.15) is 23.4 Å². The molecule has 2 bridgehead atoms. The maximum absolute atomic E-state index is 14.2. The van der Waals surface area contributed by atoms with E-state index in [1.807, 2.05) is 0 Å². The van der Waals surface area contributed by atoms with Gasteiger partial charge in [0, 0.05) is 36.8 Å². The molecule has 0 radical (unpaired) electrons. The first kappa shape index (κ1) is 20.6. The number of aryl methyl sites for hydroxylation is 1. The third-order valence-electron chi connectivity index (χ3n) is 6.78. The van der Waals surface area contributed by atoms with E-state index < -0.39 is 58.9 Å². The van der Waals surface area contributed by atoms with Crippen molar-refractivity contribution < 1.29 is 27.9 Å². The van der Waals surface area contributed by atoms with Crippen LogP contribution in [0.1, 0.15) is 44.8 Å². The normalized spacial score (nSPS) is 25.6. The number of carbonyl (C=O) groups excluding carboxylic acids is 2. The molecular formula is C22H20F3N3O4. The molecule has 32 heavy (non-hydrogen) atoms. The number of amides is 2. The molecule has 1 aliphatic carbocycles. The highest BCUT2D eigenvalue weighted by atomic mass is 19.1. The number of carbonyl (C=O) groups is 2. The third-order valence-corrected chi connectivity index (χ3v) is 6.78. The zero-order valence-corrected chi connectivity index (χ0v) is 17.1. The second-order valence-corrected chi connectivity index (χ2v) is 8.70. The summed E-state index contributed by atoms with van der Waals surface area (Å²) in [5, 5.41) is 12.7. The zero-order valence-electron chi connectivity index (χ0n) is 17.1. The van der Waals surface area contributed by atoms with Crippen LogP contribution >= 0.6 is 0 Å². The molecule has 1 saturated carbocycles. The molecule has 1 aromatic heterocycles. The number of rotatable bonds is 3. The van der Waals surface area contributed by atoms with Gasteiger partial charge in [-0.1, -0.05) is 0 Å². The number of hydrogen-bond donors (Lipinski definition) is 2. The number of nitrogens with zero attached hydrogens (tertiary/aromatic N) is 2. The van der Waals surface area contributed by atoms with Gasteiger partial charge in [-0.15, -0.1) is 0 Å². The fraction of sp³-hybridized carbons (Fsp3) is 0.409. The Labute approximate surface area is 180 Å². The van der Waals surface area contributed by atoms with Gasteiger partial charge in [0.2, 0.25) is 5.43 Å². The Morgan fingerprint density at radius 1 is 1.22 bits per heavy atom. The van der Waals surface area contributed by atoms with Crippen molar-refractivity contribution in [2.24, 2.45) is 5.92 Å². The van der Waals surface area contributed by atoms with Crippen LogP contribution in [0.2, 0.25) is 0 Å². The van der Waals surface area contributed by atoms with E-state index in [4.69, 9.17) is 0 Å². The van der Waals surface area contributed by atoms with E-state index in [1.165, 1.54) is 16.4 Å². The molecule has 0 spiro atoms. The predicted molar refractivity (Wildman–Crippen MR) is 106 cm³/mol. The first-order valence-electron chi connectivity index (χ1n) is 10.3. The van der Waals surface area contributed by atoms with E-state index in [1.54, 1.807) is 0 Å². The molecular weight excluding hydrogens is 427 g/mol. The molecule has 2 aliphatic heterocycles. The minimum Gasteiger partial charge on any atom is -0.503 e. The molecule has 2 aromatic rings. The Morgan fingerprint density at radius 2 is 1.91 bits per heavy atom. The topological polar surface area (TPSA) is 91.6 Å². The van der Waals surface area contributed by atoms with Crippen molar-refractivity contribution in [1.29, 1.82) is 0 Å². The van der Waals surface area contributed by atoms with Gasteiger partial charge in [0.15, 0.2) is 11.4 Å². The van der Waals surface area contributed by atoms with Crippen molar-refractivity contribution in [2.75, 3.05) is 0 Å². The monoisotopic (exact) mass is 447 g/mol. The van der Waals surface area contributed by atoms with Crippen LogP contribution in [0, 0.1) is 24.5 Å². The number of benzene rings is 1. The SMILES string of the molecule is Cc1cc(F)c(CNC(=O)c2cn3c(c(O)c2=O)C(=O)N2[C@@H]4CC([C@H](F)C4)[C@@H]2C3)c(F)c1. The minimum atomic E-state index is -1.06. The van der Waals surface area contributed by atoms with E-state index in [0.29, 0.717) is 12.0 Å². The van der Waals surface area contributed by atoms with Crippen LogP contribution in [0.4, 0.5) is 13.2 Å². The summed E-state index contributed by atoms with van der Waals surface area (Å²) < 4.78 is 43.6. The summed E-state index contributed by atoms with van der Waals surface area (Å²) in [5.41, 5.74) is -1.75. The summed E-state index contributed by atoms with van der Waals surface area (Å²) in [6, 6.07) is 1.56. The van der Waals surface area contributed by atoms with Crippen LogP contribution in [0.25, 0.3) is 0 Å². The Balaban J connectivity index is 1.45. The number of halogens is 3. The first-order chi connectivity index (χ1) is 15.2. The lowest BCUT2D eigenvalue weighted by molar-refractivity contribution is 0.0350. The maximum Gasteiger partial charge on any atom is 0.275 e. The van der Waals surface area contributed by atoms with Crippen molar-refractivity contribution in [2.45, 2.75) is 51.1 Å². The van der Waals surface area contributed by atoms with Crippen molar-refractivity contribution in [3.05, 3.63) is 62.6 Å². The Kier molecular flexibility index (Phi) is 4.58. The minimum absolute atomic E-state index is 0.137. The summed E-state index contributed by atoms with van der Waals surface area (Å²) >= 11 is 0. The largest absolute Gasteiger partial charge is 0.503 e. The number of fused-ring (bicyclic) bond motifs is 6. The molecule has 3 aliphatic rings. The third kappa shape index (κ3) is 2.92. The van der Waals surface area contributed by atoms with E-state index in [2.05, 4.69) is 5.32 Å². The van der Waals surface area contributed by atoms with Gasteiger partial charge >= 0.3 is 0 Å². The van der Waals surface area contributed by atoms with Crippen LogP contribution in [-0.4, -0.2) is 44.6 Å². The lowest BCUT2D eigenvalue weighted by Gasteiger charge is -2.41. The van der Waals surface area contributed by atoms with Crippen molar-refractivity contribution in [3.8, 4) is 5.75 Å². The number of aromatic nitrogens is 1. The molecule has 7 nitrogen and oxygen atoms in total. The Bertz CT molecular complexity index is 1200. The standard InChI is InChI=1S/C22H20F3N3O4/c1-9-2-14(23)12(15(24)3-9)6-26-21(31)13-7-27-8-17-11-4-10(5-16(11)25)28(17)22(32)18(27)20(30)19(13)29/h2-3,7,10-11,16-17,30H,4-6,8H2,1H3,(H,26,31)/t10-,11?,16-,17+/m1/s1. The Hall–Kier alpha value is -3.30. The van der Waals surface area contributed by atoms with Gasteiger partial charge < -0.3 is 19.9 Å². The first-order valence-corrected chi connectivity index (χ1v) is 10.3. The summed E-state index contributed by atoms with van der Waals surface area (Å²) in [5.74, 6) is -4.39. The van der Waals surface area contributed by atoms with Gasteiger partial charge in [-0.2, -0.15) is 0 Å². The fourth-order valence-corrected chi connectivity index (χ4v) is 5.30. The van der Waals surface area contributed by atoms with Gasteiger partial charge in [-0.05, 0) is 37.5 Å². The highest BCUT2D eigenvalue weighted by Gasteiger charge is 2.56. The lowest BCUT2D eigenvalue weighted by Crippen LogP contribution is -2.54. The molecule has 1 saturated heterocycles. The molecule has 5 rings (SSSR count). The van der Waals surface area contributed by atoms with Crippen molar-refractivity contribution in [1.82, 2.24) is 14.8 Å². The van der Waals surface area contributed by atoms with Crippen LogP contribution in [0.15, 0.2) is 23.1 Å².